The molecule has 9 nitrogen and oxygen atoms in total. The van der Waals surface area contributed by atoms with Crippen LogP contribution in [0.4, 0.5) is 0 Å². The first-order valence-corrected chi connectivity index (χ1v) is 6.53. The number of amides is 2. The Kier molecular flexibility index (Phi) is 4.59. The molecule has 1 unspecified atom stereocenters. The fraction of sp³-hybridized carbons (Fsp3) is 0.667. The molecule has 5 atom stereocenters. The van der Waals surface area contributed by atoms with Crippen molar-refractivity contribution in [2.24, 2.45) is 11.0 Å². The van der Waals surface area contributed by atoms with Crippen LogP contribution in [0.3, 0.4) is 0 Å². The van der Waals surface area contributed by atoms with Crippen molar-refractivity contribution in [2.45, 2.75) is 37.7 Å². The van der Waals surface area contributed by atoms with E-state index in [1.54, 1.807) is 6.92 Å². The molecule has 0 saturated carbocycles. The normalized spacial score (nSPS) is 34.0. The SMILES string of the molecule is C[C@@H](N=[N+]=[N-])C1=CC([C@H]2C[C@H](O)[C@@H](CO)O2)C(=O)NC1=O. The summed E-state index contributed by atoms with van der Waals surface area (Å²) >= 11 is 0. The van der Waals surface area contributed by atoms with Gasteiger partial charge < -0.3 is 14.9 Å². The van der Waals surface area contributed by atoms with Gasteiger partial charge in [-0.3, -0.25) is 14.9 Å². The highest BCUT2D eigenvalue weighted by atomic mass is 16.5. The van der Waals surface area contributed by atoms with E-state index < -0.39 is 42.1 Å². The van der Waals surface area contributed by atoms with Gasteiger partial charge in [0.25, 0.3) is 5.91 Å². The van der Waals surface area contributed by atoms with Gasteiger partial charge in [0, 0.05) is 16.9 Å². The van der Waals surface area contributed by atoms with Crippen molar-refractivity contribution in [2.75, 3.05) is 6.61 Å². The van der Waals surface area contributed by atoms with E-state index in [2.05, 4.69) is 15.3 Å². The summed E-state index contributed by atoms with van der Waals surface area (Å²) in [5.41, 5.74) is 8.61. The van der Waals surface area contributed by atoms with Gasteiger partial charge in [-0.25, -0.2) is 0 Å². The molecule has 2 aliphatic heterocycles. The standard InChI is InChI=1S/C12H16N4O5/c1-5(15-16-13)6-2-7(12(20)14-11(6)19)9-3-8(18)10(4-17)21-9/h2,5,7-10,17-18H,3-4H2,1H3,(H,14,19,20)/t5-,7?,8+,9-,10-/m1/s1. The lowest BCUT2D eigenvalue weighted by Gasteiger charge is -2.25. The molecule has 2 rings (SSSR count). The van der Waals surface area contributed by atoms with Crippen molar-refractivity contribution in [1.82, 2.24) is 5.32 Å². The largest absolute Gasteiger partial charge is 0.394 e. The van der Waals surface area contributed by atoms with E-state index >= 15 is 0 Å². The van der Waals surface area contributed by atoms with Crippen LogP contribution in [-0.4, -0.2) is 53.0 Å². The highest BCUT2D eigenvalue weighted by molar-refractivity contribution is 6.09. The molecule has 2 aliphatic rings. The maximum Gasteiger partial charge on any atom is 0.253 e. The van der Waals surface area contributed by atoms with Crippen molar-refractivity contribution in [1.29, 1.82) is 0 Å². The number of hydrogen-bond donors (Lipinski definition) is 3. The third-order valence-electron chi connectivity index (χ3n) is 3.67. The quantitative estimate of drug-likeness (QED) is 0.274. The molecule has 0 aromatic heterocycles. The minimum atomic E-state index is -0.864. The Morgan fingerprint density at radius 2 is 2.33 bits per heavy atom. The molecule has 2 amide bonds. The van der Waals surface area contributed by atoms with Gasteiger partial charge in [-0.2, -0.15) is 0 Å². The van der Waals surface area contributed by atoms with E-state index in [1.165, 1.54) is 6.08 Å². The number of aliphatic hydroxyl groups is 2. The highest BCUT2D eigenvalue weighted by Crippen LogP contribution is 2.30. The minimum Gasteiger partial charge on any atom is -0.394 e. The van der Waals surface area contributed by atoms with E-state index in [9.17, 15) is 14.7 Å². The predicted octanol–water partition coefficient (Wildman–Crippen LogP) is -0.605. The van der Waals surface area contributed by atoms with E-state index in [0.717, 1.165) is 0 Å². The van der Waals surface area contributed by atoms with Crippen LogP contribution in [0.2, 0.25) is 0 Å². The zero-order valence-corrected chi connectivity index (χ0v) is 11.3. The average Bonchev–Trinajstić information content (AvgIpc) is 2.80. The molecule has 2 heterocycles. The molecule has 0 radical (unpaired) electrons. The van der Waals surface area contributed by atoms with Gasteiger partial charge in [-0.05, 0) is 5.53 Å². The van der Waals surface area contributed by atoms with Gasteiger partial charge in [0.1, 0.15) is 6.10 Å². The highest BCUT2D eigenvalue weighted by Gasteiger charge is 2.42. The first-order chi connectivity index (χ1) is 9.97. The Morgan fingerprint density at radius 3 is 2.90 bits per heavy atom. The van der Waals surface area contributed by atoms with Crippen molar-refractivity contribution in [3.63, 3.8) is 0 Å². The molecule has 21 heavy (non-hydrogen) atoms. The summed E-state index contributed by atoms with van der Waals surface area (Å²) in [6.45, 7) is 1.19. The van der Waals surface area contributed by atoms with E-state index in [0.29, 0.717) is 0 Å². The second kappa shape index (κ2) is 6.23. The Balaban J connectivity index is 2.24. The number of rotatable bonds is 4. The third-order valence-corrected chi connectivity index (χ3v) is 3.67. The zero-order chi connectivity index (χ0) is 15.6. The summed E-state index contributed by atoms with van der Waals surface area (Å²) in [6.07, 6.45) is -0.656. The molecule has 9 heteroatoms. The summed E-state index contributed by atoms with van der Waals surface area (Å²) in [5.74, 6) is -1.92. The van der Waals surface area contributed by atoms with Gasteiger partial charge in [0.05, 0.1) is 30.8 Å². The lowest BCUT2D eigenvalue weighted by molar-refractivity contribution is -0.135. The summed E-state index contributed by atoms with van der Waals surface area (Å²) in [4.78, 5) is 26.3. The molecule has 0 aromatic rings. The smallest absolute Gasteiger partial charge is 0.253 e. The Labute approximate surface area is 120 Å². The van der Waals surface area contributed by atoms with Crippen LogP contribution in [0.15, 0.2) is 16.8 Å². The van der Waals surface area contributed by atoms with Crippen LogP contribution in [0.1, 0.15) is 13.3 Å². The maximum atomic E-state index is 11.9. The van der Waals surface area contributed by atoms with Crippen molar-refractivity contribution in [3.05, 3.63) is 22.1 Å². The van der Waals surface area contributed by atoms with Crippen molar-refractivity contribution < 1.29 is 24.5 Å². The number of carbonyl (C=O) groups excluding carboxylic acids is 2. The Hall–Kier alpha value is -1.93. The number of aliphatic hydroxyl groups excluding tert-OH is 2. The molecule has 1 saturated heterocycles. The van der Waals surface area contributed by atoms with E-state index in [4.69, 9.17) is 15.4 Å². The van der Waals surface area contributed by atoms with Crippen molar-refractivity contribution in [3.8, 4) is 0 Å². The first-order valence-electron chi connectivity index (χ1n) is 6.53. The van der Waals surface area contributed by atoms with Crippen LogP contribution in [-0.2, 0) is 14.3 Å². The monoisotopic (exact) mass is 296 g/mol. The maximum absolute atomic E-state index is 11.9. The molecule has 0 aliphatic carbocycles. The number of imide groups is 1. The van der Waals surface area contributed by atoms with Gasteiger partial charge in [0.2, 0.25) is 5.91 Å². The van der Waals surface area contributed by atoms with Gasteiger partial charge in [-0.1, -0.05) is 18.1 Å². The van der Waals surface area contributed by atoms with E-state index in [1.807, 2.05) is 0 Å². The number of hydrogen-bond acceptors (Lipinski definition) is 6. The number of azide groups is 1. The average molecular weight is 296 g/mol. The van der Waals surface area contributed by atoms with Gasteiger partial charge in [0.15, 0.2) is 0 Å². The van der Waals surface area contributed by atoms with Crippen molar-refractivity contribution >= 4 is 11.8 Å². The van der Waals surface area contributed by atoms with E-state index in [-0.39, 0.29) is 18.6 Å². The van der Waals surface area contributed by atoms with Gasteiger partial charge in [-0.15, -0.1) is 0 Å². The topological polar surface area (TPSA) is 145 Å². The summed E-state index contributed by atoms with van der Waals surface area (Å²) < 4.78 is 5.44. The second-order valence-corrected chi connectivity index (χ2v) is 5.05. The van der Waals surface area contributed by atoms with Crippen LogP contribution >= 0.6 is 0 Å². The first kappa shape index (κ1) is 15.5. The van der Waals surface area contributed by atoms with Crippen LogP contribution in [0.5, 0.6) is 0 Å². The Bertz CT molecular complexity index is 528. The van der Waals surface area contributed by atoms with Crippen LogP contribution < -0.4 is 5.32 Å². The predicted molar refractivity (Wildman–Crippen MR) is 69.7 cm³/mol. The van der Waals surface area contributed by atoms with Gasteiger partial charge >= 0.3 is 0 Å². The molecule has 0 bridgehead atoms. The molecule has 1 fully saturated rings. The van der Waals surface area contributed by atoms with Crippen LogP contribution in [0.25, 0.3) is 10.4 Å². The molecular weight excluding hydrogens is 280 g/mol. The molecule has 3 N–H and O–H groups in total. The van der Waals surface area contributed by atoms with Crippen LogP contribution in [0, 0.1) is 5.92 Å². The fourth-order valence-corrected chi connectivity index (χ4v) is 2.51. The number of nitrogens with zero attached hydrogens (tertiary/aromatic N) is 3. The summed E-state index contributed by atoms with van der Waals surface area (Å²) in [7, 11) is 0. The fourth-order valence-electron chi connectivity index (χ4n) is 2.51. The number of carbonyl (C=O) groups is 2. The summed E-state index contributed by atoms with van der Waals surface area (Å²) in [6, 6.07) is -0.717. The zero-order valence-electron chi connectivity index (χ0n) is 11.3. The lowest BCUT2D eigenvalue weighted by atomic mass is 9.90. The minimum absolute atomic E-state index is 0.178. The number of nitrogens with one attached hydrogen (secondary N) is 1. The second-order valence-electron chi connectivity index (χ2n) is 5.05. The molecule has 0 aromatic carbocycles. The third kappa shape index (κ3) is 3.06. The summed E-state index contributed by atoms with van der Waals surface area (Å²) in [5, 5.41) is 24.4. The molecular formula is C12H16N4O5. The number of ether oxygens (including phenoxy) is 1. The molecule has 114 valence electrons. The Morgan fingerprint density at radius 1 is 1.62 bits per heavy atom. The lowest BCUT2D eigenvalue weighted by Crippen LogP contribution is -2.46. The molecule has 0 spiro atoms.